The third kappa shape index (κ3) is 4.61. The Kier molecular flexibility index (Phi) is 5.63. The Morgan fingerprint density at radius 2 is 1.82 bits per heavy atom. The first-order valence-corrected chi connectivity index (χ1v) is 8.13. The fourth-order valence-electron chi connectivity index (χ4n) is 2.22. The van der Waals surface area contributed by atoms with Gasteiger partial charge in [0, 0.05) is 17.1 Å². The molecule has 0 aromatic heterocycles. The number of ether oxygens (including phenoxy) is 1. The van der Waals surface area contributed by atoms with E-state index >= 15 is 0 Å². The highest BCUT2D eigenvalue weighted by Gasteiger charge is 2.29. The van der Waals surface area contributed by atoms with Gasteiger partial charge in [-0.2, -0.15) is 0 Å². The highest BCUT2D eigenvalue weighted by Crippen LogP contribution is 2.24. The Bertz CT molecular complexity index is 626. The molecule has 2 aromatic carbocycles. The molecule has 0 aliphatic heterocycles. The van der Waals surface area contributed by atoms with Gasteiger partial charge in [0.1, 0.15) is 5.54 Å². The van der Waals surface area contributed by atoms with Crippen molar-refractivity contribution in [3.8, 4) is 0 Å². The minimum Gasteiger partial charge on any atom is -0.468 e. The lowest BCUT2D eigenvalue weighted by Gasteiger charge is -2.21. The first-order chi connectivity index (χ1) is 10.5. The van der Waals surface area contributed by atoms with E-state index in [2.05, 4.69) is 24.3 Å². The second-order valence-corrected chi connectivity index (χ2v) is 6.56. The van der Waals surface area contributed by atoms with Gasteiger partial charge in [-0.05, 0) is 30.2 Å². The highest BCUT2D eigenvalue weighted by atomic mass is 32.2. The number of thioether (sulfide) groups is 1. The fourth-order valence-corrected chi connectivity index (χ4v) is 3.15. The summed E-state index contributed by atoms with van der Waals surface area (Å²) in [4.78, 5) is 12.8. The lowest BCUT2D eigenvalue weighted by atomic mass is 9.94. The highest BCUT2D eigenvalue weighted by molar-refractivity contribution is 7.98. The van der Waals surface area contributed by atoms with E-state index in [1.54, 1.807) is 18.7 Å². The second-order valence-electron chi connectivity index (χ2n) is 5.51. The summed E-state index contributed by atoms with van der Waals surface area (Å²) >= 11 is 1.77. The van der Waals surface area contributed by atoms with Gasteiger partial charge in [-0.1, -0.05) is 42.5 Å². The molecule has 2 rings (SSSR count). The van der Waals surface area contributed by atoms with Crippen molar-refractivity contribution in [1.82, 2.24) is 0 Å². The Labute approximate surface area is 135 Å². The summed E-state index contributed by atoms with van der Waals surface area (Å²) in [6.45, 7) is 1.70. The Balaban J connectivity index is 2.02. The molecule has 22 heavy (non-hydrogen) atoms. The second kappa shape index (κ2) is 7.47. The van der Waals surface area contributed by atoms with Crippen molar-refractivity contribution >= 4 is 17.7 Å². The zero-order valence-corrected chi connectivity index (χ0v) is 13.7. The molecular formula is C18H21NO2S. The lowest BCUT2D eigenvalue weighted by molar-refractivity contribution is -0.146. The number of hydrogen-bond donors (Lipinski definition) is 1. The van der Waals surface area contributed by atoms with Crippen LogP contribution in [0.15, 0.2) is 59.5 Å². The molecule has 116 valence electrons. The third-order valence-electron chi connectivity index (χ3n) is 3.37. The van der Waals surface area contributed by atoms with E-state index in [1.165, 1.54) is 17.6 Å². The van der Waals surface area contributed by atoms with Gasteiger partial charge >= 0.3 is 5.97 Å². The van der Waals surface area contributed by atoms with Crippen molar-refractivity contribution in [3.63, 3.8) is 0 Å². The molecule has 2 aromatic rings. The van der Waals surface area contributed by atoms with Crippen molar-refractivity contribution in [2.45, 2.75) is 29.5 Å². The maximum atomic E-state index is 11.7. The lowest BCUT2D eigenvalue weighted by Crippen LogP contribution is -2.47. The van der Waals surface area contributed by atoms with Crippen LogP contribution in [-0.2, 0) is 21.7 Å². The molecule has 0 bridgehead atoms. The summed E-state index contributed by atoms with van der Waals surface area (Å²) in [5.74, 6) is 0.524. The number of benzene rings is 2. The van der Waals surface area contributed by atoms with E-state index in [-0.39, 0.29) is 0 Å². The first-order valence-electron chi connectivity index (χ1n) is 7.14. The SMILES string of the molecule is COC(=O)[C@@](C)(N)Cc1cccc(SCc2ccccc2)c1. The van der Waals surface area contributed by atoms with Gasteiger partial charge in [-0.15, -0.1) is 11.8 Å². The number of carbonyl (C=O) groups is 1. The molecule has 0 spiro atoms. The number of methoxy groups -OCH3 is 1. The van der Waals surface area contributed by atoms with Gasteiger partial charge in [-0.25, -0.2) is 0 Å². The van der Waals surface area contributed by atoms with Crippen LogP contribution in [0.4, 0.5) is 0 Å². The molecule has 3 nitrogen and oxygen atoms in total. The van der Waals surface area contributed by atoms with Crippen LogP contribution in [0.5, 0.6) is 0 Å². The van der Waals surface area contributed by atoms with Crippen molar-refractivity contribution in [3.05, 3.63) is 65.7 Å². The summed E-state index contributed by atoms with van der Waals surface area (Å²) in [6.07, 6.45) is 0.458. The number of rotatable bonds is 6. The first kappa shape index (κ1) is 16.6. The van der Waals surface area contributed by atoms with E-state index in [4.69, 9.17) is 10.5 Å². The van der Waals surface area contributed by atoms with Crippen LogP contribution in [-0.4, -0.2) is 18.6 Å². The van der Waals surface area contributed by atoms with Crippen molar-refractivity contribution in [2.24, 2.45) is 5.73 Å². The summed E-state index contributed by atoms with van der Waals surface area (Å²) in [5, 5.41) is 0. The van der Waals surface area contributed by atoms with E-state index in [0.717, 1.165) is 11.3 Å². The molecular weight excluding hydrogens is 294 g/mol. The Morgan fingerprint density at radius 3 is 2.50 bits per heavy atom. The smallest absolute Gasteiger partial charge is 0.325 e. The summed E-state index contributed by atoms with van der Waals surface area (Å²) < 4.78 is 4.75. The fraction of sp³-hybridized carbons (Fsp3) is 0.278. The maximum Gasteiger partial charge on any atom is 0.325 e. The Hall–Kier alpha value is -1.78. The predicted octanol–water partition coefficient (Wildman–Crippen LogP) is 3.41. The maximum absolute atomic E-state index is 11.7. The van der Waals surface area contributed by atoms with Crippen molar-refractivity contribution in [1.29, 1.82) is 0 Å². The number of carbonyl (C=O) groups excluding carboxylic acids is 1. The van der Waals surface area contributed by atoms with Gasteiger partial charge in [0.15, 0.2) is 0 Å². The molecule has 0 aliphatic rings. The van der Waals surface area contributed by atoms with E-state index in [1.807, 2.05) is 30.3 Å². The molecule has 0 aliphatic carbocycles. The summed E-state index contributed by atoms with van der Waals surface area (Å²) in [7, 11) is 1.36. The van der Waals surface area contributed by atoms with Gasteiger partial charge < -0.3 is 10.5 Å². The Morgan fingerprint density at radius 1 is 1.14 bits per heavy atom. The minimum atomic E-state index is -1.00. The van der Waals surface area contributed by atoms with Crippen LogP contribution in [0, 0.1) is 0 Å². The normalized spacial score (nSPS) is 13.4. The molecule has 0 heterocycles. The average Bonchev–Trinajstić information content (AvgIpc) is 2.53. The van der Waals surface area contributed by atoms with E-state index < -0.39 is 11.5 Å². The van der Waals surface area contributed by atoms with Gasteiger partial charge in [-0.3, -0.25) is 4.79 Å². The molecule has 0 saturated carbocycles. The van der Waals surface area contributed by atoms with Crippen LogP contribution in [0.3, 0.4) is 0 Å². The molecule has 4 heteroatoms. The largest absolute Gasteiger partial charge is 0.468 e. The van der Waals surface area contributed by atoms with E-state index in [0.29, 0.717) is 6.42 Å². The number of esters is 1. The van der Waals surface area contributed by atoms with Gasteiger partial charge in [0.05, 0.1) is 7.11 Å². The zero-order chi connectivity index (χ0) is 16.0. The monoisotopic (exact) mass is 315 g/mol. The van der Waals surface area contributed by atoms with Crippen LogP contribution in [0.25, 0.3) is 0 Å². The quantitative estimate of drug-likeness (QED) is 0.655. The van der Waals surface area contributed by atoms with Crippen molar-refractivity contribution < 1.29 is 9.53 Å². The third-order valence-corrected chi connectivity index (χ3v) is 4.43. The molecule has 0 unspecified atom stereocenters. The summed E-state index contributed by atoms with van der Waals surface area (Å²) in [5.41, 5.74) is 7.36. The topological polar surface area (TPSA) is 52.3 Å². The molecule has 0 saturated heterocycles. The average molecular weight is 315 g/mol. The zero-order valence-electron chi connectivity index (χ0n) is 12.9. The minimum absolute atomic E-state index is 0.394. The van der Waals surface area contributed by atoms with Crippen molar-refractivity contribution in [2.75, 3.05) is 7.11 Å². The molecule has 0 amide bonds. The standard InChI is InChI=1S/C18H21NO2S/c1-18(19,17(20)21-2)12-15-9-6-10-16(11-15)22-13-14-7-4-3-5-8-14/h3-11H,12-13,19H2,1-2H3/t18-/m0/s1. The summed E-state index contributed by atoms with van der Waals surface area (Å²) in [6, 6.07) is 18.5. The number of nitrogens with two attached hydrogens (primary N) is 1. The number of hydrogen-bond acceptors (Lipinski definition) is 4. The van der Waals surface area contributed by atoms with Gasteiger partial charge in [0.25, 0.3) is 0 Å². The van der Waals surface area contributed by atoms with E-state index in [9.17, 15) is 4.79 Å². The molecule has 0 fully saturated rings. The molecule has 2 N–H and O–H groups in total. The van der Waals surface area contributed by atoms with Crippen LogP contribution in [0.1, 0.15) is 18.1 Å². The van der Waals surface area contributed by atoms with Crippen LogP contribution in [0.2, 0.25) is 0 Å². The predicted molar refractivity (Wildman–Crippen MR) is 90.8 cm³/mol. The van der Waals surface area contributed by atoms with Crippen LogP contribution < -0.4 is 5.73 Å². The van der Waals surface area contributed by atoms with Crippen LogP contribution >= 0.6 is 11.8 Å². The molecule has 1 atom stereocenters. The van der Waals surface area contributed by atoms with Gasteiger partial charge in [0.2, 0.25) is 0 Å². The molecule has 0 radical (unpaired) electrons.